The van der Waals surface area contributed by atoms with Gasteiger partial charge in [-0.15, -0.1) is 11.3 Å². The highest BCUT2D eigenvalue weighted by molar-refractivity contribution is 7.20. The summed E-state index contributed by atoms with van der Waals surface area (Å²) in [7, 11) is 0. The summed E-state index contributed by atoms with van der Waals surface area (Å²) in [6.07, 6.45) is 3.15. The van der Waals surface area contributed by atoms with Crippen molar-refractivity contribution in [1.82, 2.24) is 4.90 Å². The van der Waals surface area contributed by atoms with Crippen molar-refractivity contribution in [3.8, 4) is 0 Å². The van der Waals surface area contributed by atoms with Gasteiger partial charge in [0.1, 0.15) is 0 Å². The second-order valence-electron chi connectivity index (χ2n) is 4.89. The summed E-state index contributed by atoms with van der Waals surface area (Å²) >= 11 is 7.81. The molecule has 1 amide bonds. The zero-order valence-corrected chi connectivity index (χ0v) is 12.5. The maximum atomic E-state index is 11.9. The molecule has 0 radical (unpaired) electrons. The minimum atomic E-state index is -0.851. The Labute approximate surface area is 130 Å². The Balaban J connectivity index is 1.72. The van der Waals surface area contributed by atoms with E-state index in [1.54, 1.807) is 6.08 Å². The smallest absolute Gasteiger partial charge is 0.310 e. The van der Waals surface area contributed by atoms with Gasteiger partial charge in [-0.1, -0.05) is 29.8 Å². The Hall–Kier alpha value is -1.85. The van der Waals surface area contributed by atoms with Gasteiger partial charge < -0.3 is 10.0 Å². The molecule has 3 rings (SSSR count). The number of hydrogen-bond acceptors (Lipinski definition) is 3. The molecule has 1 aliphatic heterocycles. The number of fused-ring (bicyclic) bond motifs is 1. The number of aliphatic carboxylic acids is 1. The molecule has 0 aliphatic carbocycles. The second kappa shape index (κ2) is 5.50. The summed E-state index contributed by atoms with van der Waals surface area (Å²) in [5, 5.41) is 10.4. The molecular formula is C15H12ClNO3S. The van der Waals surface area contributed by atoms with Crippen molar-refractivity contribution in [3.05, 3.63) is 40.2 Å². The summed E-state index contributed by atoms with van der Waals surface area (Å²) in [4.78, 5) is 24.9. The minimum Gasteiger partial charge on any atom is -0.481 e. The number of carboxylic acids is 1. The lowest BCUT2D eigenvalue weighted by molar-refractivity contribution is -0.151. The molecule has 1 aromatic carbocycles. The average molecular weight is 322 g/mol. The van der Waals surface area contributed by atoms with E-state index >= 15 is 0 Å². The van der Waals surface area contributed by atoms with Gasteiger partial charge in [-0.05, 0) is 12.1 Å². The second-order valence-corrected chi connectivity index (χ2v) is 6.35. The maximum Gasteiger partial charge on any atom is 0.310 e. The van der Waals surface area contributed by atoms with Crippen LogP contribution in [-0.4, -0.2) is 35.0 Å². The van der Waals surface area contributed by atoms with Gasteiger partial charge in [-0.2, -0.15) is 0 Å². The fourth-order valence-corrected chi connectivity index (χ4v) is 3.61. The predicted molar refractivity (Wildman–Crippen MR) is 83.6 cm³/mol. The molecule has 0 spiro atoms. The number of thiophene rings is 1. The zero-order valence-electron chi connectivity index (χ0n) is 11.0. The lowest BCUT2D eigenvalue weighted by atomic mass is 10.0. The molecule has 0 saturated carbocycles. The zero-order chi connectivity index (χ0) is 15.0. The standard InChI is InChI=1S/C15H12ClNO3S/c16-14-10-3-1-2-4-11(10)21-12(14)5-6-13(18)17-7-9(8-17)15(19)20/h1-6,9H,7-8H2,(H,19,20)/b6-5+. The van der Waals surface area contributed by atoms with E-state index in [0.29, 0.717) is 5.02 Å². The van der Waals surface area contributed by atoms with E-state index in [-0.39, 0.29) is 19.0 Å². The van der Waals surface area contributed by atoms with Crippen LogP contribution >= 0.6 is 22.9 Å². The molecule has 4 nitrogen and oxygen atoms in total. The molecule has 1 aliphatic rings. The first-order chi connectivity index (χ1) is 10.1. The predicted octanol–water partition coefficient (Wildman–Crippen LogP) is 3.11. The van der Waals surface area contributed by atoms with Crippen molar-refractivity contribution in [1.29, 1.82) is 0 Å². The van der Waals surface area contributed by atoms with Crippen LogP contribution in [0.25, 0.3) is 16.2 Å². The fraction of sp³-hybridized carbons (Fsp3) is 0.200. The first kappa shape index (κ1) is 14.1. The van der Waals surface area contributed by atoms with Crippen LogP contribution in [0.5, 0.6) is 0 Å². The van der Waals surface area contributed by atoms with Crippen molar-refractivity contribution < 1.29 is 14.7 Å². The number of nitrogens with zero attached hydrogens (tertiary/aromatic N) is 1. The van der Waals surface area contributed by atoms with E-state index in [1.807, 2.05) is 24.3 Å². The van der Waals surface area contributed by atoms with Crippen molar-refractivity contribution in [3.63, 3.8) is 0 Å². The van der Waals surface area contributed by atoms with E-state index in [2.05, 4.69) is 0 Å². The molecule has 1 saturated heterocycles. The van der Waals surface area contributed by atoms with Gasteiger partial charge in [0.2, 0.25) is 5.91 Å². The van der Waals surface area contributed by atoms with Crippen LogP contribution in [0.3, 0.4) is 0 Å². The lowest BCUT2D eigenvalue weighted by Gasteiger charge is -2.35. The Kier molecular flexibility index (Phi) is 3.69. The van der Waals surface area contributed by atoms with E-state index in [9.17, 15) is 9.59 Å². The number of benzene rings is 1. The summed E-state index contributed by atoms with van der Waals surface area (Å²) in [5.41, 5.74) is 0. The van der Waals surface area contributed by atoms with Crippen LogP contribution in [0.15, 0.2) is 30.3 Å². The number of carboxylic acid groups (broad SMARTS) is 1. The molecule has 1 fully saturated rings. The summed E-state index contributed by atoms with van der Waals surface area (Å²) < 4.78 is 1.07. The molecule has 2 heterocycles. The van der Waals surface area contributed by atoms with Gasteiger partial charge in [-0.3, -0.25) is 9.59 Å². The Morgan fingerprint density at radius 2 is 2.05 bits per heavy atom. The van der Waals surface area contributed by atoms with Gasteiger partial charge in [0, 0.05) is 34.1 Å². The van der Waals surface area contributed by atoms with Gasteiger partial charge in [0.25, 0.3) is 0 Å². The van der Waals surface area contributed by atoms with Crippen molar-refractivity contribution >= 4 is 51.0 Å². The normalized spacial score (nSPS) is 15.6. The molecule has 0 unspecified atom stereocenters. The van der Waals surface area contributed by atoms with Crippen LogP contribution in [0, 0.1) is 5.92 Å². The molecule has 0 atom stereocenters. The molecule has 21 heavy (non-hydrogen) atoms. The number of rotatable bonds is 3. The van der Waals surface area contributed by atoms with Crippen LogP contribution in [0.2, 0.25) is 5.02 Å². The molecule has 1 aromatic heterocycles. The number of carbonyl (C=O) groups is 2. The van der Waals surface area contributed by atoms with E-state index in [4.69, 9.17) is 16.7 Å². The highest BCUT2D eigenvalue weighted by atomic mass is 35.5. The first-order valence-corrected chi connectivity index (χ1v) is 7.62. The number of halogens is 1. The first-order valence-electron chi connectivity index (χ1n) is 6.43. The third kappa shape index (κ3) is 2.66. The van der Waals surface area contributed by atoms with Crippen LogP contribution < -0.4 is 0 Å². The van der Waals surface area contributed by atoms with E-state index in [1.165, 1.54) is 22.3 Å². The van der Waals surface area contributed by atoms with Crippen LogP contribution in [-0.2, 0) is 9.59 Å². The van der Waals surface area contributed by atoms with Gasteiger partial charge in [0.05, 0.1) is 10.9 Å². The largest absolute Gasteiger partial charge is 0.481 e. The molecular weight excluding hydrogens is 310 g/mol. The summed E-state index contributed by atoms with van der Waals surface area (Å²) in [5.74, 6) is -1.47. The highest BCUT2D eigenvalue weighted by Gasteiger charge is 2.34. The molecule has 1 N–H and O–H groups in total. The highest BCUT2D eigenvalue weighted by Crippen LogP contribution is 2.36. The Morgan fingerprint density at radius 3 is 2.71 bits per heavy atom. The molecule has 0 bridgehead atoms. The number of amides is 1. The summed E-state index contributed by atoms with van der Waals surface area (Å²) in [6, 6.07) is 7.80. The molecule has 108 valence electrons. The number of hydrogen-bond donors (Lipinski definition) is 1. The monoisotopic (exact) mass is 321 g/mol. The topological polar surface area (TPSA) is 57.6 Å². The number of carbonyl (C=O) groups excluding carboxylic acids is 1. The maximum absolute atomic E-state index is 11.9. The third-order valence-corrected chi connectivity index (χ3v) is 5.13. The summed E-state index contributed by atoms with van der Waals surface area (Å²) in [6.45, 7) is 0.553. The Morgan fingerprint density at radius 1 is 1.33 bits per heavy atom. The molecule has 2 aromatic rings. The van der Waals surface area contributed by atoms with Crippen LogP contribution in [0.1, 0.15) is 4.88 Å². The van der Waals surface area contributed by atoms with Crippen molar-refractivity contribution in [2.45, 2.75) is 0 Å². The van der Waals surface area contributed by atoms with E-state index < -0.39 is 11.9 Å². The quantitative estimate of drug-likeness (QED) is 0.884. The van der Waals surface area contributed by atoms with Gasteiger partial charge in [-0.25, -0.2) is 0 Å². The lowest BCUT2D eigenvalue weighted by Crippen LogP contribution is -2.52. The van der Waals surface area contributed by atoms with E-state index in [0.717, 1.165) is 15.0 Å². The van der Waals surface area contributed by atoms with Crippen molar-refractivity contribution in [2.75, 3.05) is 13.1 Å². The number of likely N-dealkylation sites (tertiary alicyclic amines) is 1. The SMILES string of the molecule is O=C(O)C1CN(C(=O)/C=C/c2sc3ccccc3c2Cl)C1. The third-order valence-electron chi connectivity index (χ3n) is 3.48. The fourth-order valence-electron chi connectivity index (χ4n) is 2.21. The van der Waals surface area contributed by atoms with Crippen molar-refractivity contribution in [2.24, 2.45) is 5.92 Å². The molecule has 6 heteroatoms. The average Bonchev–Trinajstić information content (AvgIpc) is 2.72. The Bertz CT molecular complexity index is 746. The van der Waals surface area contributed by atoms with Crippen LogP contribution in [0.4, 0.5) is 0 Å². The van der Waals surface area contributed by atoms with Gasteiger partial charge in [0.15, 0.2) is 0 Å². The minimum absolute atomic E-state index is 0.180. The van der Waals surface area contributed by atoms with Gasteiger partial charge >= 0.3 is 5.97 Å².